The SMILES string of the molecule is CCNC(CC1OCCO1)c1cc2cccc(Cl)c2o1. The van der Waals surface area contributed by atoms with Gasteiger partial charge < -0.3 is 19.2 Å². The molecule has 5 heteroatoms. The minimum Gasteiger partial charge on any atom is -0.458 e. The van der Waals surface area contributed by atoms with E-state index in [0.29, 0.717) is 18.2 Å². The number of nitrogens with one attached hydrogen (secondary N) is 1. The van der Waals surface area contributed by atoms with Gasteiger partial charge in [0.25, 0.3) is 0 Å². The van der Waals surface area contributed by atoms with Crippen molar-refractivity contribution in [2.75, 3.05) is 19.8 Å². The van der Waals surface area contributed by atoms with E-state index in [9.17, 15) is 0 Å². The Hall–Kier alpha value is -1.07. The maximum atomic E-state index is 6.16. The predicted octanol–water partition coefficient (Wildman–Crippen LogP) is 3.50. The van der Waals surface area contributed by atoms with Gasteiger partial charge in [-0.3, -0.25) is 0 Å². The van der Waals surface area contributed by atoms with Crippen molar-refractivity contribution in [2.24, 2.45) is 0 Å². The van der Waals surface area contributed by atoms with Crippen LogP contribution < -0.4 is 5.32 Å². The molecule has 20 heavy (non-hydrogen) atoms. The summed E-state index contributed by atoms with van der Waals surface area (Å²) in [6.45, 7) is 4.24. The van der Waals surface area contributed by atoms with Crippen molar-refractivity contribution in [3.05, 3.63) is 35.0 Å². The first-order valence-corrected chi connectivity index (χ1v) is 7.30. The molecule has 3 rings (SSSR count). The molecule has 108 valence electrons. The molecule has 1 aliphatic heterocycles. The lowest BCUT2D eigenvalue weighted by molar-refractivity contribution is -0.0540. The molecule has 0 bridgehead atoms. The summed E-state index contributed by atoms with van der Waals surface area (Å²) in [4.78, 5) is 0. The van der Waals surface area contributed by atoms with E-state index < -0.39 is 0 Å². The lowest BCUT2D eigenvalue weighted by Crippen LogP contribution is -2.25. The number of furan rings is 1. The maximum Gasteiger partial charge on any atom is 0.159 e. The molecule has 2 aromatic rings. The van der Waals surface area contributed by atoms with Crippen LogP contribution in [-0.4, -0.2) is 26.0 Å². The number of rotatable bonds is 5. The van der Waals surface area contributed by atoms with E-state index in [0.717, 1.165) is 29.7 Å². The number of hydrogen-bond donors (Lipinski definition) is 1. The molecule has 0 spiro atoms. The summed E-state index contributed by atoms with van der Waals surface area (Å²) >= 11 is 6.16. The highest BCUT2D eigenvalue weighted by Gasteiger charge is 2.24. The fourth-order valence-electron chi connectivity index (χ4n) is 2.50. The van der Waals surface area contributed by atoms with E-state index in [4.69, 9.17) is 25.5 Å². The van der Waals surface area contributed by atoms with Gasteiger partial charge in [0.15, 0.2) is 11.9 Å². The molecule has 0 radical (unpaired) electrons. The zero-order valence-corrected chi connectivity index (χ0v) is 12.2. The second-order valence-corrected chi connectivity index (χ2v) is 5.23. The van der Waals surface area contributed by atoms with Gasteiger partial charge in [-0.1, -0.05) is 30.7 Å². The summed E-state index contributed by atoms with van der Waals surface area (Å²) in [6, 6.07) is 7.85. The second-order valence-electron chi connectivity index (χ2n) is 4.82. The third-order valence-electron chi connectivity index (χ3n) is 3.43. The lowest BCUT2D eigenvalue weighted by atomic mass is 10.1. The first-order valence-electron chi connectivity index (χ1n) is 6.92. The molecule has 1 aliphatic rings. The zero-order chi connectivity index (χ0) is 13.9. The van der Waals surface area contributed by atoms with Crippen molar-refractivity contribution in [3.8, 4) is 0 Å². The highest BCUT2D eigenvalue weighted by atomic mass is 35.5. The summed E-state index contributed by atoms with van der Waals surface area (Å²) in [5, 5.41) is 5.06. The minimum atomic E-state index is -0.164. The number of ether oxygens (including phenoxy) is 2. The van der Waals surface area contributed by atoms with Gasteiger partial charge in [-0.2, -0.15) is 0 Å². The van der Waals surface area contributed by atoms with Crippen LogP contribution in [0.15, 0.2) is 28.7 Å². The molecule has 1 saturated heterocycles. The van der Waals surface area contributed by atoms with Crippen LogP contribution in [0.2, 0.25) is 5.02 Å². The van der Waals surface area contributed by atoms with Gasteiger partial charge in [0.05, 0.1) is 24.3 Å². The molecule has 1 N–H and O–H groups in total. The van der Waals surface area contributed by atoms with Crippen LogP contribution in [0.1, 0.15) is 25.1 Å². The number of halogens is 1. The fourth-order valence-corrected chi connectivity index (χ4v) is 2.72. The van der Waals surface area contributed by atoms with Crippen LogP contribution in [-0.2, 0) is 9.47 Å². The van der Waals surface area contributed by atoms with Crippen molar-refractivity contribution < 1.29 is 13.9 Å². The Balaban J connectivity index is 1.86. The van der Waals surface area contributed by atoms with E-state index in [1.165, 1.54) is 0 Å². The smallest absolute Gasteiger partial charge is 0.159 e. The van der Waals surface area contributed by atoms with Crippen LogP contribution in [0.25, 0.3) is 11.0 Å². The van der Waals surface area contributed by atoms with E-state index in [-0.39, 0.29) is 12.3 Å². The van der Waals surface area contributed by atoms with Gasteiger partial charge in [-0.15, -0.1) is 0 Å². The fraction of sp³-hybridized carbons (Fsp3) is 0.467. The van der Waals surface area contributed by atoms with Crippen LogP contribution in [0.5, 0.6) is 0 Å². The summed E-state index contributed by atoms with van der Waals surface area (Å²) < 4.78 is 17.0. The summed E-state index contributed by atoms with van der Waals surface area (Å²) in [7, 11) is 0. The number of fused-ring (bicyclic) bond motifs is 1. The predicted molar refractivity (Wildman–Crippen MR) is 78.0 cm³/mol. The highest BCUT2D eigenvalue weighted by Crippen LogP contribution is 2.31. The molecule has 1 atom stereocenters. The number of hydrogen-bond acceptors (Lipinski definition) is 4. The largest absolute Gasteiger partial charge is 0.458 e. The van der Waals surface area contributed by atoms with Gasteiger partial charge in [-0.05, 0) is 18.7 Å². The summed E-state index contributed by atoms with van der Waals surface area (Å²) in [6.07, 6.45) is 0.563. The van der Waals surface area contributed by atoms with Crippen LogP contribution in [0.3, 0.4) is 0 Å². The molecule has 1 aromatic carbocycles. The van der Waals surface area contributed by atoms with Crippen molar-refractivity contribution in [1.29, 1.82) is 0 Å². The lowest BCUT2D eigenvalue weighted by Gasteiger charge is -2.18. The molecule has 1 unspecified atom stereocenters. The topological polar surface area (TPSA) is 43.6 Å². The zero-order valence-electron chi connectivity index (χ0n) is 11.4. The molecule has 0 amide bonds. The average Bonchev–Trinajstić information content (AvgIpc) is 3.07. The van der Waals surface area contributed by atoms with E-state index in [1.54, 1.807) is 0 Å². The molecule has 1 fully saturated rings. The van der Waals surface area contributed by atoms with Crippen molar-refractivity contribution in [3.63, 3.8) is 0 Å². The van der Waals surface area contributed by atoms with Gasteiger partial charge >= 0.3 is 0 Å². The van der Waals surface area contributed by atoms with Gasteiger partial charge in [0.1, 0.15) is 5.76 Å². The van der Waals surface area contributed by atoms with E-state index in [1.807, 2.05) is 24.3 Å². The van der Waals surface area contributed by atoms with Crippen molar-refractivity contribution in [2.45, 2.75) is 25.7 Å². The Bertz CT molecular complexity index is 578. The van der Waals surface area contributed by atoms with Gasteiger partial charge in [-0.25, -0.2) is 0 Å². The molecule has 0 saturated carbocycles. The van der Waals surface area contributed by atoms with E-state index in [2.05, 4.69) is 12.2 Å². The monoisotopic (exact) mass is 295 g/mol. The van der Waals surface area contributed by atoms with Crippen LogP contribution >= 0.6 is 11.6 Å². The third kappa shape index (κ3) is 2.83. The Labute approximate surface area is 123 Å². The molecule has 1 aromatic heterocycles. The van der Waals surface area contributed by atoms with Crippen LogP contribution in [0, 0.1) is 0 Å². The van der Waals surface area contributed by atoms with E-state index >= 15 is 0 Å². The Morgan fingerprint density at radius 1 is 1.35 bits per heavy atom. The van der Waals surface area contributed by atoms with Crippen LogP contribution in [0.4, 0.5) is 0 Å². The maximum absolute atomic E-state index is 6.16. The number of benzene rings is 1. The quantitative estimate of drug-likeness (QED) is 0.917. The standard InChI is InChI=1S/C15H18ClNO3/c1-2-17-12(9-14-18-6-7-19-14)13-8-10-4-3-5-11(16)15(10)20-13/h3-5,8,12,14,17H,2,6-7,9H2,1H3. The Morgan fingerprint density at radius 2 is 2.15 bits per heavy atom. The molecule has 0 aliphatic carbocycles. The normalized spacial score (nSPS) is 17.9. The summed E-state index contributed by atoms with van der Waals surface area (Å²) in [5.74, 6) is 0.869. The Kier molecular flexibility index (Phi) is 4.27. The molecule has 4 nitrogen and oxygen atoms in total. The Morgan fingerprint density at radius 3 is 2.85 bits per heavy atom. The molecule has 2 heterocycles. The number of para-hydroxylation sites is 1. The van der Waals surface area contributed by atoms with Gasteiger partial charge in [0, 0.05) is 11.8 Å². The summed E-state index contributed by atoms with van der Waals surface area (Å²) in [5.41, 5.74) is 0.736. The third-order valence-corrected chi connectivity index (χ3v) is 3.73. The highest BCUT2D eigenvalue weighted by molar-refractivity contribution is 6.34. The average molecular weight is 296 g/mol. The minimum absolute atomic E-state index is 0.0616. The van der Waals surface area contributed by atoms with Crippen molar-refractivity contribution >= 4 is 22.6 Å². The molecular weight excluding hydrogens is 278 g/mol. The first kappa shape index (κ1) is 13.9. The second kappa shape index (κ2) is 6.14. The van der Waals surface area contributed by atoms with Gasteiger partial charge in [0.2, 0.25) is 0 Å². The molecular formula is C15H18ClNO3. The van der Waals surface area contributed by atoms with Crippen molar-refractivity contribution in [1.82, 2.24) is 5.32 Å². The first-order chi connectivity index (χ1) is 9.78.